The summed E-state index contributed by atoms with van der Waals surface area (Å²) < 4.78 is 0. The number of hydrogen-bond acceptors (Lipinski definition) is 3. The smallest absolute Gasteiger partial charge is 0.224 e. The molecule has 1 aliphatic heterocycles. The van der Waals surface area contributed by atoms with Crippen LogP contribution in [0, 0.1) is 5.92 Å². The van der Waals surface area contributed by atoms with Crippen LogP contribution in [0.1, 0.15) is 32.8 Å². The van der Waals surface area contributed by atoms with Gasteiger partial charge in [-0.05, 0) is 30.2 Å². The molecule has 1 amide bonds. The molecule has 1 heterocycles. The number of piperazine rings is 1. The van der Waals surface area contributed by atoms with Gasteiger partial charge in [-0.1, -0.05) is 32.9 Å². The summed E-state index contributed by atoms with van der Waals surface area (Å²) in [5.41, 5.74) is 2.21. The normalized spacial score (nSPS) is 16.9. The number of benzene rings is 1. The zero-order chi connectivity index (χ0) is 15.9. The van der Waals surface area contributed by atoms with Crippen LogP contribution < -0.4 is 5.32 Å². The third-order valence-electron chi connectivity index (χ3n) is 4.15. The van der Waals surface area contributed by atoms with Gasteiger partial charge in [-0.25, -0.2) is 0 Å². The second-order valence-corrected chi connectivity index (χ2v) is 6.55. The zero-order valence-electron chi connectivity index (χ0n) is 14.1. The average molecular weight is 303 g/mol. The van der Waals surface area contributed by atoms with Gasteiger partial charge in [0.2, 0.25) is 5.91 Å². The van der Waals surface area contributed by atoms with Crippen LogP contribution in [0.15, 0.2) is 24.3 Å². The van der Waals surface area contributed by atoms with Crippen molar-refractivity contribution in [2.45, 2.75) is 33.7 Å². The Labute approximate surface area is 134 Å². The Bertz CT molecular complexity index is 462. The molecule has 1 aromatic rings. The Kier molecular flexibility index (Phi) is 6.40. The summed E-state index contributed by atoms with van der Waals surface area (Å²) in [6, 6.07) is 8.26. The monoisotopic (exact) mass is 303 g/mol. The fourth-order valence-electron chi connectivity index (χ4n) is 2.80. The molecule has 22 heavy (non-hydrogen) atoms. The van der Waals surface area contributed by atoms with E-state index >= 15 is 0 Å². The summed E-state index contributed by atoms with van der Waals surface area (Å²) >= 11 is 0. The first kappa shape index (κ1) is 17.0. The van der Waals surface area contributed by atoms with Gasteiger partial charge >= 0.3 is 0 Å². The van der Waals surface area contributed by atoms with Crippen LogP contribution in [0.25, 0.3) is 0 Å². The molecule has 2 rings (SSSR count). The van der Waals surface area contributed by atoms with Crippen molar-refractivity contribution in [2.75, 3.05) is 38.0 Å². The molecule has 0 spiro atoms. The summed E-state index contributed by atoms with van der Waals surface area (Å²) in [5.74, 6) is 0.486. The maximum atomic E-state index is 11.8. The lowest BCUT2D eigenvalue weighted by Gasteiger charge is -2.34. The largest absolute Gasteiger partial charge is 0.326 e. The maximum absolute atomic E-state index is 11.8. The van der Waals surface area contributed by atoms with E-state index in [9.17, 15) is 4.79 Å². The van der Waals surface area contributed by atoms with Crippen LogP contribution in [0.4, 0.5) is 5.69 Å². The van der Waals surface area contributed by atoms with E-state index in [1.54, 1.807) is 0 Å². The van der Waals surface area contributed by atoms with Gasteiger partial charge in [-0.2, -0.15) is 0 Å². The van der Waals surface area contributed by atoms with Gasteiger partial charge in [0.1, 0.15) is 0 Å². The first-order valence-corrected chi connectivity index (χ1v) is 8.40. The van der Waals surface area contributed by atoms with Crippen molar-refractivity contribution in [3.05, 3.63) is 29.8 Å². The molecule has 1 saturated heterocycles. The van der Waals surface area contributed by atoms with Crippen molar-refractivity contribution in [1.29, 1.82) is 0 Å². The number of carbonyl (C=O) groups is 1. The predicted molar refractivity (Wildman–Crippen MR) is 91.9 cm³/mol. The van der Waals surface area contributed by atoms with E-state index in [0.717, 1.165) is 31.9 Å². The van der Waals surface area contributed by atoms with E-state index in [4.69, 9.17) is 0 Å². The standard InChI is InChI=1S/C18H29N3O/c1-4-20-9-11-21(12-10-20)14-16-5-7-17(8-6-16)19-18(22)13-15(2)3/h5-8,15H,4,9-14H2,1-3H3,(H,19,22). The molecule has 0 unspecified atom stereocenters. The van der Waals surface area contributed by atoms with Crippen molar-refractivity contribution < 1.29 is 4.79 Å². The number of likely N-dealkylation sites (N-methyl/N-ethyl adjacent to an activating group) is 1. The second kappa shape index (κ2) is 8.30. The van der Waals surface area contributed by atoms with Crippen LogP contribution >= 0.6 is 0 Å². The summed E-state index contributed by atoms with van der Waals surface area (Å²) in [6.45, 7) is 13.1. The Morgan fingerprint density at radius 2 is 1.68 bits per heavy atom. The average Bonchev–Trinajstić information content (AvgIpc) is 2.49. The highest BCUT2D eigenvalue weighted by atomic mass is 16.1. The Morgan fingerprint density at radius 1 is 1.09 bits per heavy atom. The van der Waals surface area contributed by atoms with Gasteiger partial charge < -0.3 is 10.2 Å². The molecule has 122 valence electrons. The molecular formula is C18H29N3O. The molecule has 1 N–H and O–H groups in total. The van der Waals surface area contributed by atoms with E-state index in [2.05, 4.69) is 48.0 Å². The van der Waals surface area contributed by atoms with Crippen molar-refractivity contribution in [1.82, 2.24) is 9.80 Å². The van der Waals surface area contributed by atoms with E-state index in [1.165, 1.54) is 18.7 Å². The molecule has 0 bridgehead atoms. The highest BCUT2D eigenvalue weighted by Gasteiger charge is 2.15. The van der Waals surface area contributed by atoms with Crippen LogP contribution in [-0.2, 0) is 11.3 Å². The lowest BCUT2D eigenvalue weighted by Crippen LogP contribution is -2.45. The topological polar surface area (TPSA) is 35.6 Å². The molecular weight excluding hydrogens is 274 g/mol. The van der Waals surface area contributed by atoms with Gasteiger partial charge in [0.25, 0.3) is 0 Å². The van der Waals surface area contributed by atoms with Crippen LogP contribution in [0.2, 0.25) is 0 Å². The van der Waals surface area contributed by atoms with E-state index < -0.39 is 0 Å². The van der Waals surface area contributed by atoms with Crippen LogP contribution in [0.3, 0.4) is 0 Å². The highest BCUT2D eigenvalue weighted by molar-refractivity contribution is 5.90. The molecule has 0 radical (unpaired) electrons. The van der Waals surface area contributed by atoms with Gasteiger partial charge in [0, 0.05) is 44.8 Å². The van der Waals surface area contributed by atoms with Crippen molar-refractivity contribution in [3.63, 3.8) is 0 Å². The third kappa shape index (κ3) is 5.43. The predicted octanol–water partition coefficient (Wildman–Crippen LogP) is 2.81. The number of anilines is 1. The Hall–Kier alpha value is -1.39. The fourth-order valence-corrected chi connectivity index (χ4v) is 2.80. The van der Waals surface area contributed by atoms with Crippen LogP contribution in [0.5, 0.6) is 0 Å². The SMILES string of the molecule is CCN1CCN(Cc2ccc(NC(=O)CC(C)C)cc2)CC1. The molecule has 1 fully saturated rings. The minimum Gasteiger partial charge on any atom is -0.326 e. The van der Waals surface area contributed by atoms with E-state index in [0.29, 0.717) is 12.3 Å². The molecule has 1 aliphatic rings. The highest BCUT2D eigenvalue weighted by Crippen LogP contribution is 2.14. The first-order valence-electron chi connectivity index (χ1n) is 8.40. The van der Waals surface area contributed by atoms with Gasteiger partial charge in [0.05, 0.1) is 0 Å². The minimum atomic E-state index is 0.0958. The van der Waals surface area contributed by atoms with Crippen molar-refractivity contribution >= 4 is 11.6 Å². The first-order chi connectivity index (χ1) is 10.6. The summed E-state index contributed by atoms with van der Waals surface area (Å²) in [7, 11) is 0. The van der Waals surface area contributed by atoms with Gasteiger partial charge in [0.15, 0.2) is 0 Å². The van der Waals surface area contributed by atoms with E-state index in [1.807, 2.05) is 12.1 Å². The number of amides is 1. The number of nitrogens with one attached hydrogen (secondary N) is 1. The second-order valence-electron chi connectivity index (χ2n) is 6.55. The summed E-state index contributed by atoms with van der Waals surface area (Å²) in [4.78, 5) is 16.7. The summed E-state index contributed by atoms with van der Waals surface area (Å²) in [6.07, 6.45) is 0.573. The number of nitrogens with zero attached hydrogens (tertiary/aromatic N) is 2. The molecule has 0 atom stereocenters. The number of hydrogen-bond donors (Lipinski definition) is 1. The molecule has 0 aliphatic carbocycles. The lowest BCUT2D eigenvalue weighted by atomic mass is 10.1. The Morgan fingerprint density at radius 3 is 2.23 bits per heavy atom. The van der Waals surface area contributed by atoms with Gasteiger partial charge in [-0.15, -0.1) is 0 Å². The summed E-state index contributed by atoms with van der Waals surface area (Å²) in [5, 5.41) is 2.96. The van der Waals surface area contributed by atoms with Crippen molar-refractivity contribution in [2.24, 2.45) is 5.92 Å². The van der Waals surface area contributed by atoms with Gasteiger partial charge in [-0.3, -0.25) is 9.69 Å². The Balaban J connectivity index is 1.81. The lowest BCUT2D eigenvalue weighted by molar-refractivity contribution is -0.116. The fraction of sp³-hybridized carbons (Fsp3) is 0.611. The maximum Gasteiger partial charge on any atom is 0.224 e. The quantitative estimate of drug-likeness (QED) is 0.878. The molecule has 0 saturated carbocycles. The molecule has 4 nitrogen and oxygen atoms in total. The third-order valence-corrected chi connectivity index (χ3v) is 4.15. The van der Waals surface area contributed by atoms with E-state index in [-0.39, 0.29) is 5.91 Å². The molecule has 1 aromatic carbocycles. The number of carbonyl (C=O) groups excluding carboxylic acids is 1. The molecule has 0 aromatic heterocycles. The van der Waals surface area contributed by atoms with Crippen LogP contribution in [-0.4, -0.2) is 48.4 Å². The minimum absolute atomic E-state index is 0.0958. The zero-order valence-corrected chi connectivity index (χ0v) is 14.1. The molecule has 4 heteroatoms. The number of rotatable bonds is 6. The van der Waals surface area contributed by atoms with Crippen molar-refractivity contribution in [3.8, 4) is 0 Å².